The van der Waals surface area contributed by atoms with Gasteiger partial charge in [-0.05, 0) is 84.8 Å². The Morgan fingerprint density at radius 3 is 2.00 bits per heavy atom. The van der Waals surface area contributed by atoms with Gasteiger partial charge in [0.15, 0.2) is 0 Å². The molecule has 0 fully saturated rings. The highest BCUT2D eigenvalue weighted by molar-refractivity contribution is 5.91. The molecule has 0 N–H and O–H groups in total. The van der Waals surface area contributed by atoms with Gasteiger partial charge in [0.05, 0.1) is 18.8 Å². The zero-order chi connectivity index (χ0) is 24.2. The van der Waals surface area contributed by atoms with Gasteiger partial charge in [-0.15, -0.1) is 6.58 Å². The highest BCUT2D eigenvalue weighted by Crippen LogP contribution is 2.24. The van der Waals surface area contributed by atoms with Crippen LogP contribution in [0.3, 0.4) is 0 Å². The van der Waals surface area contributed by atoms with Crippen molar-refractivity contribution >= 4 is 5.97 Å². The summed E-state index contributed by atoms with van der Waals surface area (Å²) in [7, 11) is 0. The average Bonchev–Trinajstić information content (AvgIpc) is 2.88. The Bertz CT molecular complexity index is 1020. The van der Waals surface area contributed by atoms with E-state index in [1.165, 1.54) is 0 Å². The van der Waals surface area contributed by atoms with Crippen molar-refractivity contribution in [2.24, 2.45) is 5.92 Å². The number of allylic oxidation sites excluding steroid dienone is 1. The third kappa shape index (κ3) is 7.80. The molecule has 0 aromatic heterocycles. The Morgan fingerprint density at radius 1 is 0.824 bits per heavy atom. The van der Waals surface area contributed by atoms with E-state index in [4.69, 9.17) is 14.2 Å². The second-order valence-electron chi connectivity index (χ2n) is 8.42. The fourth-order valence-electron chi connectivity index (χ4n) is 3.25. The lowest BCUT2D eigenvalue weighted by Crippen LogP contribution is -2.08. The maximum absolute atomic E-state index is 12.5. The average molecular weight is 459 g/mol. The molecule has 4 heteroatoms. The molecule has 3 rings (SSSR count). The normalized spacial score (nSPS) is 11.5. The van der Waals surface area contributed by atoms with Gasteiger partial charge in [-0.2, -0.15) is 0 Å². The molecule has 1 unspecified atom stereocenters. The van der Waals surface area contributed by atoms with Crippen LogP contribution in [0.15, 0.2) is 85.5 Å². The smallest absolute Gasteiger partial charge is 0.343 e. The number of carbonyl (C=O) groups is 1. The summed E-state index contributed by atoms with van der Waals surface area (Å²) in [4.78, 5) is 12.5. The summed E-state index contributed by atoms with van der Waals surface area (Å²) >= 11 is 0. The van der Waals surface area contributed by atoms with Crippen molar-refractivity contribution in [3.63, 3.8) is 0 Å². The summed E-state index contributed by atoms with van der Waals surface area (Å²) in [6, 6.07) is 22.6. The molecule has 0 aliphatic rings. The molecule has 3 aromatic carbocycles. The highest BCUT2D eigenvalue weighted by atomic mass is 16.5. The van der Waals surface area contributed by atoms with Crippen LogP contribution in [-0.4, -0.2) is 19.2 Å². The van der Waals surface area contributed by atoms with Gasteiger partial charge in [0, 0.05) is 0 Å². The van der Waals surface area contributed by atoms with Crippen LogP contribution in [0.25, 0.3) is 11.1 Å². The largest absolute Gasteiger partial charge is 0.494 e. The zero-order valence-corrected chi connectivity index (χ0v) is 20.2. The predicted molar refractivity (Wildman–Crippen MR) is 138 cm³/mol. The Balaban J connectivity index is 1.51. The SMILES string of the molecule is C=CCCCCOc1ccc(OC(=O)c2ccc(-c3ccc(OCC(C)CC)cc3)cc2)cc1. The number of esters is 1. The van der Waals surface area contributed by atoms with Gasteiger partial charge in [-0.25, -0.2) is 4.79 Å². The first kappa shape index (κ1) is 25.1. The summed E-state index contributed by atoms with van der Waals surface area (Å²) in [6.45, 7) is 9.44. The predicted octanol–water partition coefficient (Wildman–Crippen LogP) is 7.73. The molecule has 34 heavy (non-hydrogen) atoms. The van der Waals surface area contributed by atoms with Crippen LogP contribution in [-0.2, 0) is 0 Å². The minimum absolute atomic E-state index is 0.390. The van der Waals surface area contributed by atoms with Gasteiger partial charge in [0.2, 0.25) is 0 Å². The minimum Gasteiger partial charge on any atom is -0.494 e. The molecule has 0 spiro atoms. The molecule has 0 bridgehead atoms. The van der Waals surface area contributed by atoms with Crippen molar-refractivity contribution in [1.82, 2.24) is 0 Å². The van der Waals surface area contributed by atoms with E-state index in [2.05, 4.69) is 20.4 Å². The summed E-state index contributed by atoms with van der Waals surface area (Å²) in [5.41, 5.74) is 2.59. The monoisotopic (exact) mass is 458 g/mol. The fourth-order valence-corrected chi connectivity index (χ4v) is 3.25. The lowest BCUT2D eigenvalue weighted by molar-refractivity contribution is 0.0734. The van der Waals surface area contributed by atoms with E-state index >= 15 is 0 Å². The molecule has 0 heterocycles. The minimum atomic E-state index is -0.390. The number of hydrogen-bond donors (Lipinski definition) is 0. The van der Waals surface area contributed by atoms with Crippen LogP contribution in [0.4, 0.5) is 0 Å². The molecule has 4 nitrogen and oxygen atoms in total. The van der Waals surface area contributed by atoms with Crippen molar-refractivity contribution in [1.29, 1.82) is 0 Å². The second-order valence-corrected chi connectivity index (χ2v) is 8.42. The van der Waals surface area contributed by atoms with E-state index in [9.17, 15) is 4.79 Å². The van der Waals surface area contributed by atoms with Crippen LogP contribution in [0, 0.1) is 5.92 Å². The molecule has 0 saturated heterocycles. The molecule has 0 saturated carbocycles. The molecule has 178 valence electrons. The van der Waals surface area contributed by atoms with Gasteiger partial charge < -0.3 is 14.2 Å². The number of unbranched alkanes of at least 4 members (excludes halogenated alkanes) is 2. The van der Waals surface area contributed by atoms with E-state index in [0.717, 1.165) is 54.9 Å². The van der Waals surface area contributed by atoms with Gasteiger partial charge >= 0.3 is 5.97 Å². The molecule has 1 atom stereocenters. The van der Waals surface area contributed by atoms with Gasteiger partial charge in [0.1, 0.15) is 17.2 Å². The zero-order valence-electron chi connectivity index (χ0n) is 20.2. The molecule has 3 aromatic rings. The lowest BCUT2D eigenvalue weighted by Gasteiger charge is -2.11. The van der Waals surface area contributed by atoms with Gasteiger partial charge in [0.25, 0.3) is 0 Å². The highest BCUT2D eigenvalue weighted by Gasteiger charge is 2.10. The molecular weight excluding hydrogens is 424 g/mol. The number of benzene rings is 3. The first-order valence-electron chi connectivity index (χ1n) is 12.0. The van der Waals surface area contributed by atoms with E-state index in [1.54, 1.807) is 24.3 Å². The van der Waals surface area contributed by atoms with Crippen molar-refractivity contribution < 1.29 is 19.0 Å². The first-order chi connectivity index (χ1) is 16.6. The van der Waals surface area contributed by atoms with E-state index in [-0.39, 0.29) is 0 Å². The maximum atomic E-state index is 12.5. The number of carbonyl (C=O) groups excluding carboxylic acids is 1. The molecular formula is C30H34O4. The standard InChI is InChI=1S/C30H34O4/c1-4-6-7-8-21-32-27-17-19-29(20-18-27)34-30(31)26-11-9-24(10-12-26)25-13-15-28(16-14-25)33-22-23(3)5-2/h4,9-20,23H,1,5-8,21-22H2,2-3H3. The number of ether oxygens (including phenoxy) is 3. The summed E-state index contributed by atoms with van der Waals surface area (Å²) < 4.78 is 17.0. The Hall–Kier alpha value is -3.53. The lowest BCUT2D eigenvalue weighted by atomic mass is 10.0. The molecule has 0 aliphatic heterocycles. The van der Waals surface area contributed by atoms with Crippen LogP contribution < -0.4 is 14.2 Å². The summed E-state index contributed by atoms with van der Waals surface area (Å²) in [5, 5.41) is 0. The van der Waals surface area contributed by atoms with Crippen LogP contribution in [0.2, 0.25) is 0 Å². The van der Waals surface area contributed by atoms with Crippen LogP contribution in [0.1, 0.15) is 49.9 Å². The Morgan fingerprint density at radius 2 is 1.38 bits per heavy atom. The molecule has 0 aliphatic carbocycles. The van der Waals surface area contributed by atoms with Gasteiger partial charge in [-0.3, -0.25) is 0 Å². The van der Waals surface area contributed by atoms with Gasteiger partial charge in [-0.1, -0.05) is 50.6 Å². The fraction of sp³-hybridized carbons (Fsp3) is 0.300. The molecule has 0 amide bonds. The number of hydrogen-bond acceptors (Lipinski definition) is 4. The Kier molecular flexibility index (Phi) is 9.78. The maximum Gasteiger partial charge on any atom is 0.343 e. The first-order valence-corrected chi connectivity index (χ1v) is 12.0. The van der Waals surface area contributed by atoms with E-state index in [1.807, 2.05) is 54.6 Å². The third-order valence-electron chi connectivity index (χ3n) is 5.65. The topological polar surface area (TPSA) is 44.8 Å². The van der Waals surface area contributed by atoms with Crippen molar-refractivity contribution in [3.8, 4) is 28.4 Å². The van der Waals surface area contributed by atoms with Crippen LogP contribution >= 0.6 is 0 Å². The van der Waals surface area contributed by atoms with Crippen molar-refractivity contribution in [2.45, 2.75) is 39.5 Å². The van der Waals surface area contributed by atoms with E-state index < -0.39 is 5.97 Å². The molecule has 0 radical (unpaired) electrons. The summed E-state index contributed by atoms with van der Waals surface area (Å²) in [6.07, 6.45) is 6.06. The Labute approximate surface area is 203 Å². The van der Waals surface area contributed by atoms with Crippen LogP contribution in [0.5, 0.6) is 17.2 Å². The van der Waals surface area contributed by atoms with Crippen molar-refractivity contribution in [3.05, 3.63) is 91.0 Å². The third-order valence-corrected chi connectivity index (χ3v) is 5.65. The van der Waals surface area contributed by atoms with E-state index in [0.29, 0.717) is 23.8 Å². The quantitative estimate of drug-likeness (QED) is 0.114. The van der Waals surface area contributed by atoms with Crippen molar-refractivity contribution in [2.75, 3.05) is 13.2 Å². The number of rotatable bonds is 13. The summed E-state index contributed by atoms with van der Waals surface area (Å²) in [5.74, 6) is 2.27. The second kappa shape index (κ2) is 13.2.